The summed E-state index contributed by atoms with van der Waals surface area (Å²) in [5, 5.41) is 0. The maximum atomic E-state index is 11.7. The zero-order valence-electron chi connectivity index (χ0n) is 9.75. The van der Waals surface area contributed by atoms with Crippen molar-refractivity contribution in [3.8, 4) is 0 Å². The summed E-state index contributed by atoms with van der Waals surface area (Å²) < 4.78 is 0. The highest BCUT2D eigenvalue weighted by atomic mass is 32.1. The third kappa shape index (κ3) is 2.68. The van der Waals surface area contributed by atoms with E-state index in [9.17, 15) is 4.79 Å². The van der Waals surface area contributed by atoms with Crippen molar-refractivity contribution >= 4 is 23.1 Å². The standard InChI is InChI=1S/C11H20N2OS/c1-8(2)9(14)13-6-4-11(3,5-7-13)10(12)15/h8H,4-7H2,1-3H3,(H2,12,15). The lowest BCUT2D eigenvalue weighted by Crippen LogP contribution is -2.47. The molecule has 4 heteroatoms. The zero-order valence-corrected chi connectivity index (χ0v) is 10.6. The molecule has 1 rings (SSSR count). The van der Waals surface area contributed by atoms with E-state index in [1.807, 2.05) is 18.7 Å². The third-order valence-corrected chi connectivity index (χ3v) is 3.76. The smallest absolute Gasteiger partial charge is 0.225 e. The Labute approximate surface area is 97.0 Å². The molecule has 0 atom stereocenters. The Bertz CT molecular complexity index is 268. The van der Waals surface area contributed by atoms with E-state index in [4.69, 9.17) is 18.0 Å². The van der Waals surface area contributed by atoms with Gasteiger partial charge in [0.05, 0.1) is 4.99 Å². The second-order valence-corrected chi connectivity index (χ2v) is 5.34. The monoisotopic (exact) mass is 228 g/mol. The molecule has 0 spiro atoms. The van der Waals surface area contributed by atoms with Gasteiger partial charge in [-0.05, 0) is 12.8 Å². The number of rotatable bonds is 2. The number of piperidine rings is 1. The van der Waals surface area contributed by atoms with Crippen LogP contribution in [0.2, 0.25) is 0 Å². The summed E-state index contributed by atoms with van der Waals surface area (Å²) in [6.07, 6.45) is 1.78. The van der Waals surface area contributed by atoms with Gasteiger partial charge in [-0.2, -0.15) is 0 Å². The van der Waals surface area contributed by atoms with Crippen LogP contribution >= 0.6 is 12.2 Å². The summed E-state index contributed by atoms with van der Waals surface area (Å²) in [6.45, 7) is 7.52. The first kappa shape index (κ1) is 12.4. The molecule has 1 aliphatic heterocycles. The molecule has 0 aromatic heterocycles. The molecule has 0 bridgehead atoms. The molecule has 3 nitrogen and oxygen atoms in total. The van der Waals surface area contributed by atoms with Crippen molar-refractivity contribution in [3.63, 3.8) is 0 Å². The van der Waals surface area contributed by atoms with Gasteiger partial charge in [-0.15, -0.1) is 0 Å². The van der Waals surface area contributed by atoms with Gasteiger partial charge in [0.2, 0.25) is 5.91 Å². The maximum Gasteiger partial charge on any atom is 0.225 e. The van der Waals surface area contributed by atoms with E-state index in [1.165, 1.54) is 0 Å². The normalized spacial score (nSPS) is 20.4. The molecule has 2 N–H and O–H groups in total. The van der Waals surface area contributed by atoms with Crippen molar-refractivity contribution in [2.45, 2.75) is 33.6 Å². The summed E-state index contributed by atoms with van der Waals surface area (Å²) in [6, 6.07) is 0. The summed E-state index contributed by atoms with van der Waals surface area (Å²) in [5.74, 6) is 0.319. The number of carbonyl (C=O) groups excluding carboxylic acids is 1. The van der Waals surface area contributed by atoms with Crippen LogP contribution in [0.4, 0.5) is 0 Å². The lowest BCUT2D eigenvalue weighted by Gasteiger charge is -2.39. The second kappa shape index (κ2) is 4.47. The summed E-state index contributed by atoms with van der Waals surface area (Å²) in [7, 11) is 0. The Hall–Kier alpha value is -0.640. The maximum absolute atomic E-state index is 11.7. The first-order chi connectivity index (χ1) is 6.87. The van der Waals surface area contributed by atoms with Gasteiger partial charge < -0.3 is 10.6 Å². The Morgan fingerprint density at radius 1 is 1.40 bits per heavy atom. The number of likely N-dealkylation sites (tertiary alicyclic amines) is 1. The molecule has 0 saturated carbocycles. The van der Waals surface area contributed by atoms with Crippen LogP contribution in [0.3, 0.4) is 0 Å². The number of hydrogen-bond acceptors (Lipinski definition) is 2. The van der Waals surface area contributed by atoms with Gasteiger partial charge in [0, 0.05) is 24.4 Å². The molecule has 0 aliphatic carbocycles. The average Bonchev–Trinajstić information content (AvgIpc) is 2.17. The van der Waals surface area contributed by atoms with E-state index in [1.54, 1.807) is 0 Å². The highest BCUT2D eigenvalue weighted by molar-refractivity contribution is 7.80. The van der Waals surface area contributed by atoms with Crippen molar-refractivity contribution in [1.29, 1.82) is 0 Å². The van der Waals surface area contributed by atoms with Crippen LogP contribution in [0, 0.1) is 11.3 Å². The lowest BCUT2D eigenvalue weighted by atomic mass is 9.80. The van der Waals surface area contributed by atoms with Crippen LogP contribution in [0.5, 0.6) is 0 Å². The van der Waals surface area contributed by atoms with Crippen molar-refractivity contribution in [2.75, 3.05) is 13.1 Å². The second-order valence-electron chi connectivity index (χ2n) is 4.90. The van der Waals surface area contributed by atoms with Crippen molar-refractivity contribution in [1.82, 2.24) is 4.90 Å². The fourth-order valence-corrected chi connectivity index (χ4v) is 2.04. The van der Waals surface area contributed by atoms with Gasteiger partial charge in [0.1, 0.15) is 0 Å². The van der Waals surface area contributed by atoms with Crippen LogP contribution in [-0.2, 0) is 4.79 Å². The van der Waals surface area contributed by atoms with Crippen molar-refractivity contribution in [2.24, 2.45) is 17.1 Å². The van der Waals surface area contributed by atoms with Crippen LogP contribution in [-0.4, -0.2) is 28.9 Å². The summed E-state index contributed by atoms with van der Waals surface area (Å²) in [5.41, 5.74) is 5.66. The lowest BCUT2D eigenvalue weighted by molar-refractivity contribution is -0.136. The van der Waals surface area contributed by atoms with E-state index in [0.29, 0.717) is 4.99 Å². The Morgan fingerprint density at radius 3 is 2.20 bits per heavy atom. The van der Waals surface area contributed by atoms with Gasteiger partial charge in [-0.25, -0.2) is 0 Å². The quantitative estimate of drug-likeness (QED) is 0.730. The fraction of sp³-hybridized carbons (Fsp3) is 0.818. The molecule has 0 aromatic rings. The number of amides is 1. The fourth-order valence-electron chi connectivity index (χ4n) is 1.83. The predicted molar refractivity (Wildman–Crippen MR) is 65.5 cm³/mol. The minimum absolute atomic E-state index is 0.0525. The number of thiocarbonyl (C=S) groups is 1. The zero-order chi connectivity index (χ0) is 11.6. The highest BCUT2D eigenvalue weighted by Gasteiger charge is 2.34. The first-order valence-electron chi connectivity index (χ1n) is 5.45. The first-order valence-corrected chi connectivity index (χ1v) is 5.86. The molecule has 0 unspecified atom stereocenters. The molecule has 1 aliphatic rings. The predicted octanol–water partition coefficient (Wildman–Crippen LogP) is 1.56. The minimum atomic E-state index is -0.0525. The molecule has 1 saturated heterocycles. The van der Waals surface area contributed by atoms with Crippen LogP contribution < -0.4 is 5.73 Å². The van der Waals surface area contributed by atoms with Gasteiger partial charge in [0.25, 0.3) is 0 Å². The molecular formula is C11H20N2OS. The van der Waals surface area contributed by atoms with E-state index < -0.39 is 0 Å². The van der Waals surface area contributed by atoms with Crippen LogP contribution in [0.25, 0.3) is 0 Å². The molecule has 0 radical (unpaired) electrons. The van der Waals surface area contributed by atoms with Gasteiger partial charge in [-0.1, -0.05) is 33.0 Å². The Kier molecular flexibility index (Phi) is 3.71. The average molecular weight is 228 g/mol. The van der Waals surface area contributed by atoms with E-state index >= 15 is 0 Å². The van der Waals surface area contributed by atoms with E-state index in [0.717, 1.165) is 25.9 Å². The Balaban J connectivity index is 2.56. The highest BCUT2D eigenvalue weighted by Crippen LogP contribution is 2.31. The molecule has 0 aromatic carbocycles. The largest absolute Gasteiger partial charge is 0.393 e. The number of nitrogens with two attached hydrogens (primary N) is 1. The minimum Gasteiger partial charge on any atom is -0.393 e. The number of nitrogens with zero attached hydrogens (tertiary/aromatic N) is 1. The van der Waals surface area contributed by atoms with E-state index in [-0.39, 0.29) is 17.2 Å². The third-order valence-electron chi connectivity index (χ3n) is 3.27. The summed E-state index contributed by atoms with van der Waals surface area (Å²) >= 11 is 5.06. The molecule has 1 fully saturated rings. The van der Waals surface area contributed by atoms with Crippen molar-refractivity contribution < 1.29 is 4.79 Å². The molecular weight excluding hydrogens is 208 g/mol. The molecule has 15 heavy (non-hydrogen) atoms. The van der Waals surface area contributed by atoms with Crippen LogP contribution in [0.1, 0.15) is 33.6 Å². The van der Waals surface area contributed by atoms with Gasteiger partial charge in [0.15, 0.2) is 0 Å². The number of carbonyl (C=O) groups is 1. The Morgan fingerprint density at radius 2 is 1.87 bits per heavy atom. The van der Waals surface area contributed by atoms with Crippen LogP contribution in [0.15, 0.2) is 0 Å². The van der Waals surface area contributed by atoms with E-state index in [2.05, 4.69) is 6.92 Å². The summed E-state index contributed by atoms with van der Waals surface area (Å²) in [4.78, 5) is 14.2. The topological polar surface area (TPSA) is 46.3 Å². The van der Waals surface area contributed by atoms with Gasteiger partial charge in [-0.3, -0.25) is 4.79 Å². The molecule has 1 heterocycles. The SMILES string of the molecule is CC(C)C(=O)N1CCC(C)(C(N)=S)CC1. The molecule has 1 amide bonds. The number of hydrogen-bond donors (Lipinski definition) is 1. The van der Waals surface area contributed by atoms with Gasteiger partial charge >= 0.3 is 0 Å². The van der Waals surface area contributed by atoms with Crippen molar-refractivity contribution in [3.05, 3.63) is 0 Å². The molecule has 86 valence electrons.